The number of hydrogen-bond acceptors (Lipinski definition) is 5. The zero-order valence-corrected chi connectivity index (χ0v) is 16.9. The molecule has 1 amide bonds. The molecule has 1 aromatic carbocycles. The highest BCUT2D eigenvalue weighted by molar-refractivity contribution is 6.32. The molecule has 8 nitrogen and oxygen atoms in total. The molecule has 0 saturated heterocycles. The Balaban J connectivity index is 1.32. The standard InChI is InChI=1S/C21H18ClN7O/c1-12-14(22)4-5-16-17(12)27-18(26-16)20(30)28-21(8-9-21)7-2-3-13-11-24-19-15(23)6-10-25-29(13)19/h4-6,10-11H,7-9,23H2,1H3,(H,26,27)(H,28,30). The molecule has 1 saturated carbocycles. The van der Waals surface area contributed by atoms with Gasteiger partial charge in [-0.2, -0.15) is 5.10 Å². The van der Waals surface area contributed by atoms with Gasteiger partial charge in [-0.1, -0.05) is 17.5 Å². The van der Waals surface area contributed by atoms with E-state index in [2.05, 4.69) is 37.2 Å². The van der Waals surface area contributed by atoms with Crippen molar-refractivity contribution in [2.75, 3.05) is 5.73 Å². The third-order valence-electron chi connectivity index (χ3n) is 5.36. The van der Waals surface area contributed by atoms with E-state index in [0.717, 1.165) is 23.9 Å². The van der Waals surface area contributed by atoms with Crippen LogP contribution in [0.2, 0.25) is 5.02 Å². The number of fused-ring (bicyclic) bond motifs is 2. The Morgan fingerprint density at radius 1 is 1.40 bits per heavy atom. The van der Waals surface area contributed by atoms with E-state index >= 15 is 0 Å². The lowest BCUT2D eigenvalue weighted by Crippen LogP contribution is -2.37. The minimum Gasteiger partial charge on any atom is -0.396 e. The number of nitrogen functional groups attached to an aromatic ring is 1. The Labute approximate surface area is 176 Å². The molecule has 0 unspecified atom stereocenters. The fraction of sp³-hybridized carbons (Fsp3) is 0.238. The van der Waals surface area contributed by atoms with E-state index in [1.165, 1.54) is 0 Å². The van der Waals surface area contributed by atoms with Crippen LogP contribution in [0, 0.1) is 18.8 Å². The Hall–Kier alpha value is -3.57. The highest BCUT2D eigenvalue weighted by atomic mass is 35.5. The van der Waals surface area contributed by atoms with Crippen molar-refractivity contribution in [1.29, 1.82) is 0 Å². The number of aromatic nitrogens is 5. The minimum absolute atomic E-state index is 0.245. The molecule has 3 aromatic heterocycles. The maximum Gasteiger partial charge on any atom is 0.287 e. The van der Waals surface area contributed by atoms with Gasteiger partial charge in [-0.25, -0.2) is 14.5 Å². The van der Waals surface area contributed by atoms with E-state index < -0.39 is 0 Å². The summed E-state index contributed by atoms with van der Waals surface area (Å²) >= 11 is 6.15. The molecule has 4 N–H and O–H groups in total. The lowest BCUT2D eigenvalue weighted by Gasteiger charge is -2.12. The van der Waals surface area contributed by atoms with Gasteiger partial charge in [0.2, 0.25) is 0 Å². The number of aryl methyl sites for hydroxylation is 1. The molecule has 0 atom stereocenters. The largest absolute Gasteiger partial charge is 0.396 e. The molecule has 1 aliphatic rings. The molecular weight excluding hydrogens is 402 g/mol. The highest BCUT2D eigenvalue weighted by Crippen LogP contribution is 2.38. The zero-order valence-electron chi connectivity index (χ0n) is 16.2. The first-order valence-corrected chi connectivity index (χ1v) is 9.88. The smallest absolute Gasteiger partial charge is 0.287 e. The van der Waals surface area contributed by atoms with Gasteiger partial charge in [0.15, 0.2) is 11.5 Å². The maximum atomic E-state index is 12.7. The first-order chi connectivity index (χ1) is 14.5. The number of carbonyl (C=O) groups is 1. The zero-order chi connectivity index (χ0) is 20.9. The van der Waals surface area contributed by atoms with E-state index in [1.54, 1.807) is 29.0 Å². The predicted molar refractivity (Wildman–Crippen MR) is 114 cm³/mol. The summed E-state index contributed by atoms with van der Waals surface area (Å²) in [5.74, 6) is 6.26. The van der Waals surface area contributed by atoms with Gasteiger partial charge in [0.25, 0.3) is 5.91 Å². The third kappa shape index (κ3) is 3.13. The molecule has 1 fully saturated rings. The topological polar surface area (TPSA) is 114 Å². The quantitative estimate of drug-likeness (QED) is 0.442. The van der Waals surface area contributed by atoms with Gasteiger partial charge in [0.1, 0.15) is 5.69 Å². The first kappa shape index (κ1) is 18.5. The molecule has 5 rings (SSSR count). The lowest BCUT2D eigenvalue weighted by atomic mass is 10.2. The van der Waals surface area contributed by atoms with E-state index in [0.29, 0.717) is 34.0 Å². The summed E-state index contributed by atoms with van der Waals surface area (Å²) < 4.78 is 1.61. The SMILES string of the molecule is Cc1c(Cl)ccc2[nH]c(C(=O)NC3(CC#Cc4cnc5c(N)ccnn45)CC3)nc12. The number of amides is 1. The molecule has 150 valence electrons. The van der Waals surface area contributed by atoms with Crippen molar-refractivity contribution in [3.8, 4) is 11.8 Å². The molecule has 9 heteroatoms. The third-order valence-corrected chi connectivity index (χ3v) is 5.77. The number of aromatic amines is 1. The van der Waals surface area contributed by atoms with Crippen molar-refractivity contribution < 1.29 is 4.79 Å². The van der Waals surface area contributed by atoms with Crippen molar-refractivity contribution in [2.24, 2.45) is 0 Å². The second-order valence-corrected chi connectivity index (χ2v) is 7.94. The van der Waals surface area contributed by atoms with Crippen LogP contribution in [0.15, 0.2) is 30.6 Å². The summed E-state index contributed by atoms with van der Waals surface area (Å²) in [6.45, 7) is 1.88. The van der Waals surface area contributed by atoms with Crippen LogP contribution in [0.4, 0.5) is 5.69 Å². The first-order valence-electron chi connectivity index (χ1n) is 9.50. The Morgan fingerprint density at radius 3 is 3.03 bits per heavy atom. The summed E-state index contributed by atoms with van der Waals surface area (Å²) in [5.41, 5.74) is 9.69. The number of imidazole rings is 2. The molecule has 0 bridgehead atoms. The van der Waals surface area contributed by atoms with E-state index in [1.807, 2.05) is 13.0 Å². The average Bonchev–Trinajstić information content (AvgIpc) is 3.14. The number of anilines is 1. The number of nitrogens with one attached hydrogen (secondary N) is 2. The fourth-order valence-electron chi connectivity index (χ4n) is 3.40. The van der Waals surface area contributed by atoms with Gasteiger partial charge in [-0.05, 0) is 49.4 Å². The van der Waals surface area contributed by atoms with Crippen LogP contribution in [0.5, 0.6) is 0 Å². The van der Waals surface area contributed by atoms with Crippen LogP contribution in [-0.4, -0.2) is 36.0 Å². The summed E-state index contributed by atoms with van der Waals surface area (Å²) in [7, 11) is 0. The molecule has 0 spiro atoms. The van der Waals surface area contributed by atoms with Crippen LogP contribution < -0.4 is 11.1 Å². The minimum atomic E-state index is -0.331. The molecule has 3 heterocycles. The molecule has 0 aliphatic heterocycles. The summed E-state index contributed by atoms with van der Waals surface area (Å²) in [4.78, 5) is 24.5. The van der Waals surface area contributed by atoms with Gasteiger partial charge in [0, 0.05) is 11.4 Å². The fourth-order valence-corrected chi connectivity index (χ4v) is 3.55. The second kappa shape index (κ2) is 6.75. The molecule has 4 aromatic rings. The van der Waals surface area contributed by atoms with E-state index in [9.17, 15) is 4.79 Å². The highest BCUT2D eigenvalue weighted by Gasteiger charge is 2.43. The Morgan fingerprint density at radius 2 is 2.23 bits per heavy atom. The number of rotatable bonds is 3. The maximum absolute atomic E-state index is 12.7. The number of carbonyl (C=O) groups excluding carboxylic acids is 1. The van der Waals surface area contributed by atoms with Crippen LogP contribution in [0.3, 0.4) is 0 Å². The number of halogens is 1. The van der Waals surface area contributed by atoms with Crippen molar-refractivity contribution >= 4 is 39.9 Å². The van der Waals surface area contributed by atoms with Crippen molar-refractivity contribution in [2.45, 2.75) is 31.7 Å². The number of nitrogens with two attached hydrogens (primary N) is 1. The van der Waals surface area contributed by atoms with Crippen molar-refractivity contribution in [1.82, 2.24) is 29.9 Å². The summed E-state index contributed by atoms with van der Waals surface area (Å²) in [5, 5.41) is 7.94. The molecule has 1 aliphatic carbocycles. The van der Waals surface area contributed by atoms with Gasteiger partial charge >= 0.3 is 0 Å². The second-order valence-electron chi connectivity index (χ2n) is 7.53. The Kier molecular flexibility index (Phi) is 4.15. The van der Waals surface area contributed by atoms with Crippen molar-refractivity contribution in [3.05, 3.63) is 52.7 Å². The van der Waals surface area contributed by atoms with Crippen LogP contribution in [-0.2, 0) is 0 Å². The molecule has 30 heavy (non-hydrogen) atoms. The predicted octanol–water partition coefficient (Wildman–Crippen LogP) is 2.85. The monoisotopic (exact) mass is 419 g/mol. The number of nitrogens with zero attached hydrogens (tertiary/aromatic N) is 4. The molecular formula is C21H18ClN7O. The number of H-pyrrole nitrogens is 1. The van der Waals surface area contributed by atoms with Crippen LogP contribution >= 0.6 is 11.6 Å². The van der Waals surface area contributed by atoms with Crippen LogP contribution in [0.25, 0.3) is 16.7 Å². The van der Waals surface area contributed by atoms with Gasteiger partial charge in [-0.15, -0.1) is 0 Å². The van der Waals surface area contributed by atoms with Crippen molar-refractivity contribution in [3.63, 3.8) is 0 Å². The van der Waals surface area contributed by atoms with Gasteiger partial charge < -0.3 is 16.0 Å². The van der Waals surface area contributed by atoms with E-state index in [4.69, 9.17) is 17.3 Å². The normalized spacial score (nSPS) is 14.5. The summed E-state index contributed by atoms with van der Waals surface area (Å²) in [6.07, 6.45) is 5.53. The van der Waals surface area contributed by atoms with Gasteiger partial charge in [0.05, 0.1) is 34.7 Å². The van der Waals surface area contributed by atoms with Gasteiger partial charge in [-0.3, -0.25) is 4.79 Å². The lowest BCUT2D eigenvalue weighted by molar-refractivity contribution is 0.0923. The van der Waals surface area contributed by atoms with E-state index in [-0.39, 0.29) is 17.3 Å². The average molecular weight is 420 g/mol. The van der Waals surface area contributed by atoms with Crippen LogP contribution in [0.1, 0.15) is 41.1 Å². The summed E-state index contributed by atoms with van der Waals surface area (Å²) in [6, 6.07) is 5.31. The number of hydrogen-bond donors (Lipinski definition) is 3. The Bertz CT molecular complexity index is 1370. The number of benzene rings is 1. The molecule has 0 radical (unpaired) electrons.